The molecule has 0 aliphatic rings. The van der Waals surface area contributed by atoms with Gasteiger partial charge in [-0.1, -0.05) is 6.92 Å². The summed E-state index contributed by atoms with van der Waals surface area (Å²) in [6.45, 7) is 7.94. The summed E-state index contributed by atoms with van der Waals surface area (Å²) in [4.78, 5) is 18.1. The predicted molar refractivity (Wildman–Crippen MR) is 84.3 cm³/mol. The molecule has 1 aromatic heterocycles. The largest absolute Gasteiger partial charge is 0.482 e. The third-order valence-electron chi connectivity index (χ3n) is 3.57. The molecule has 21 heavy (non-hydrogen) atoms. The number of carbonyl (C=O) groups is 1. The summed E-state index contributed by atoms with van der Waals surface area (Å²) in [7, 11) is 1.78. The van der Waals surface area contributed by atoms with E-state index >= 15 is 0 Å². The second kappa shape index (κ2) is 7.98. The van der Waals surface area contributed by atoms with E-state index in [2.05, 4.69) is 4.98 Å². The molecule has 0 spiro atoms. The first-order chi connectivity index (χ1) is 9.85. The highest BCUT2D eigenvalue weighted by atomic mass is 16.5. The standard InChI is InChI=1S/C16H27N3O2/c1-6-13(17)9-14-15(8-7-12(4)18-14)21-10-16(20)19(5)11(2)3/h7-8,11,13H,6,9-10,17H2,1-5H3. The van der Waals surface area contributed by atoms with Gasteiger partial charge in [-0.05, 0) is 39.3 Å². The molecular formula is C16H27N3O2. The van der Waals surface area contributed by atoms with Gasteiger partial charge < -0.3 is 15.4 Å². The molecule has 0 saturated heterocycles. The highest BCUT2D eigenvalue weighted by Crippen LogP contribution is 2.19. The average Bonchev–Trinajstić information content (AvgIpc) is 2.44. The van der Waals surface area contributed by atoms with Crippen molar-refractivity contribution in [2.75, 3.05) is 13.7 Å². The van der Waals surface area contributed by atoms with Crippen molar-refractivity contribution < 1.29 is 9.53 Å². The van der Waals surface area contributed by atoms with Crippen LogP contribution in [0.25, 0.3) is 0 Å². The molecule has 5 heteroatoms. The summed E-state index contributed by atoms with van der Waals surface area (Å²) in [5.74, 6) is 0.603. The molecule has 1 atom stereocenters. The first-order valence-corrected chi connectivity index (χ1v) is 7.45. The maximum absolute atomic E-state index is 12.0. The molecule has 0 fully saturated rings. The van der Waals surface area contributed by atoms with E-state index < -0.39 is 0 Å². The molecule has 2 N–H and O–H groups in total. The van der Waals surface area contributed by atoms with E-state index in [0.29, 0.717) is 12.2 Å². The monoisotopic (exact) mass is 293 g/mol. The lowest BCUT2D eigenvalue weighted by atomic mass is 10.1. The number of pyridine rings is 1. The van der Waals surface area contributed by atoms with E-state index in [9.17, 15) is 4.79 Å². The van der Waals surface area contributed by atoms with E-state index in [1.165, 1.54) is 0 Å². The van der Waals surface area contributed by atoms with Crippen LogP contribution < -0.4 is 10.5 Å². The highest BCUT2D eigenvalue weighted by molar-refractivity contribution is 5.77. The Morgan fingerprint density at radius 3 is 2.67 bits per heavy atom. The van der Waals surface area contributed by atoms with Crippen LogP contribution >= 0.6 is 0 Å². The topological polar surface area (TPSA) is 68.5 Å². The maximum atomic E-state index is 12.0. The third-order valence-corrected chi connectivity index (χ3v) is 3.57. The molecule has 1 heterocycles. The second-order valence-electron chi connectivity index (χ2n) is 5.66. The van der Waals surface area contributed by atoms with Crippen LogP contribution in [0.15, 0.2) is 12.1 Å². The number of ether oxygens (including phenoxy) is 1. The van der Waals surface area contributed by atoms with Crippen molar-refractivity contribution in [1.29, 1.82) is 0 Å². The Balaban J connectivity index is 2.76. The van der Waals surface area contributed by atoms with Gasteiger partial charge in [-0.2, -0.15) is 0 Å². The Bertz CT molecular complexity index is 475. The molecule has 0 aromatic carbocycles. The maximum Gasteiger partial charge on any atom is 0.260 e. The van der Waals surface area contributed by atoms with Crippen LogP contribution in [0, 0.1) is 6.92 Å². The van der Waals surface area contributed by atoms with Crippen LogP contribution in [-0.4, -0.2) is 41.5 Å². The fourth-order valence-electron chi connectivity index (χ4n) is 1.80. The van der Waals surface area contributed by atoms with Crippen molar-refractivity contribution in [2.45, 2.75) is 52.6 Å². The summed E-state index contributed by atoms with van der Waals surface area (Å²) in [6.07, 6.45) is 1.53. The van der Waals surface area contributed by atoms with Gasteiger partial charge in [0, 0.05) is 31.2 Å². The molecule has 0 saturated carbocycles. The second-order valence-corrected chi connectivity index (χ2v) is 5.66. The summed E-state index contributed by atoms with van der Waals surface area (Å²) in [6, 6.07) is 3.95. The fraction of sp³-hybridized carbons (Fsp3) is 0.625. The number of nitrogens with two attached hydrogens (primary N) is 1. The van der Waals surface area contributed by atoms with Gasteiger partial charge in [-0.25, -0.2) is 0 Å². The van der Waals surface area contributed by atoms with Crippen LogP contribution in [0.1, 0.15) is 38.6 Å². The van der Waals surface area contributed by atoms with Gasteiger partial charge in [0.05, 0.1) is 5.69 Å². The number of aryl methyl sites for hydroxylation is 1. The Morgan fingerprint density at radius 2 is 2.10 bits per heavy atom. The number of amides is 1. The summed E-state index contributed by atoms with van der Waals surface area (Å²) >= 11 is 0. The fourth-order valence-corrected chi connectivity index (χ4v) is 1.80. The quantitative estimate of drug-likeness (QED) is 0.834. The van der Waals surface area contributed by atoms with E-state index in [1.54, 1.807) is 11.9 Å². The number of aromatic nitrogens is 1. The lowest BCUT2D eigenvalue weighted by Crippen LogP contribution is -2.36. The Morgan fingerprint density at radius 1 is 1.43 bits per heavy atom. The van der Waals surface area contributed by atoms with E-state index in [0.717, 1.165) is 17.8 Å². The first-order valence-electron chi connectivity index (χ1n) is 7.45. The van der Waals surface area contributed by atoms with Crippen LogP contribution in [0.3, 0.4) is 0 Å². The number of likely N-dealkylation sites (N-methyl/N-ethyl adjacent to an activating group) is 1. The minimum atomic E-state index is -0.0451. The SMILES string of the molecule is CCC(N)Cc1nc(C)ccc1OCC(=O)N(C)C(C)C. The van der Waals surface area contributed by atoms with Gasteiger partial charge in [0.1, 0.15) is 5.75 Å². The van der Waals surface area contributed by atoms with E-state index in [4.69, 9.17) is 10.5 Å². The van der Waals surface area contributed by atoms with E-state index in [-0.39, 0.29) is 24.6 Å². The van der Waals surface area contributed by atoms with Crippen molar-refractivity contribution >= 4 is 5.91 Å². The summed E-state index contributed by atoms with van der Waals surface area (Å²) in [5.41, 5.74) is 7.74. The third kappa shape index (κ3) is 5.34. The minimum absolute atomic E-state index is 0.0216. The number of hydrogen-bond donors (Lipinski definition) is 1. The van der Waals surface area contributed by atoms with Crippen molar-refractivity contribution in [2.24, 2.45) is 5.73 Å². The molecule has 0 aliphatic carbocycles. The van der Waals surface area contributed by atoms with Crippen molar-refractivity contribution in [1.82, 2.24) is 9.88 Å². The molecule has 0 bridgehead atoms. The lowest BCUT2D eigenvalue weighted by molar-refractivity contribution is -0.133. The molecule has 0 aliphatic heterocycles. The van der Waals surface area contributed by atoms with Gasteiger partial charge in [0.25, 0.3) is 5.91 Å². The zero-order valence-electron chi connectivity index (χ0n) is 13.7. The smallest absolute Gasteiger partial charge is 0.260 e. The van der Waals surface area contributed by atoms with Gasteiger partial charge in [0.2, 0.25) is 0 Å². The highest BCUT2D eigenvalue weighted by Gasteiger charge is 2.15. The van der Waals surface area contributed by atoms with E-state index in [1.807, 2.05) is 39.8 Å². The Hall–Kier alpha value is -1.62. The average molecular weight is 293 g/mol. The van der Waals surface area contributed by atoms with Crippen molar-refractivity contribution in [3.05, 3.63) is 23.5 Å². The zero-order chi connectivity index (χ0) is 16.0. The number of rotatable bonds is 7. The van der Waals surface area contributed by atoms with Crippen LogP contribution in [-0.2, 0) is 11.2 Å². The van der Waals surface area contributed by atoms with Crippen LogP contribution in [0.4, 0.5) is 0 Å². The normalized spacial score (nSPS) is 12.3. The summed E-state index contributed by atoms with van der Waals surface area (Å²) < 4.78 is 5.66. The van der Waals surface area contributed by atoms with Crippen LogP contribution in [0.5, 0.6) is 5.75 Å². The molecular weight excluding hydrogens is 266 g/mol. The van der Waals surface area contributed by atoms with Crippen molar-refractivity contribution in [3.8, 4) is 5.75 Å². The number of hydrogen-bond acceptors (Lipinski definition) is 4. The lowest BCUT2D eigenvalue weighted by Gasteiger charge is -2.22. The number of carbonyl (C=O) groups excluding carboxylic acids is 1. The first kappa shape index (κ1) is 17.4. The number of nitrogens with zero attached hydrogens (tertiary/aromatic N) is 2. The minimum Gasteiger partial charge on any atom is -0.482 e. The molecule has 1 unspecified atom stereocenters. The van der Waals surface area contributed by atoms with Gasteiger partial charge >= 0.3 is 0 Å². The molecule has 1 rings (SSSR count). The van der Waals surface area contributed by atoms with Gasteiger partial charge in [-0.15, -0.1) is 0 Å². The Labute approximate surface area is 127 Å². The summed E-state index contributed by atoms with van der Waals surface area (Å²) in [5, 5.41) is 0. The Kier molecular flexibility index (Phi) is 6.62. The molecule has 118 valence electrons. The molecule has 0 radical (unpaired) electrons. The predicted octanol–water partition coefficient (Wildman–Crippen LogP) is 1.92. The van der Waals surface area contributed by atoms with Gasteiger partial charge in [0.15, 0.2) is 6.61 Å². The molecule has 1 amide bonds. The van der Waals surface area contributed by atoms with Gasteiger partial charge in [-0.3, -0.25) is 9.78 Å². The molecule has 5 nitrogen and oxygen atoms in total. The van der Waals surface area contributed by atoms with Crippen molar-refractivity contribution in [3.63, 3.8) is 0 Å². The zero-order valence-corrected chi connectivity index (χ0v) is 13.7. The van der Waals surface area contributed by atoms with Crippen LogP contribution in [0.2, 0.25) is 0 Å². The molecule has 1 aromatic rings.